The molecular formula is C17H17N3O2. The first-order chi connectivity index (χ1) is 10.6. The number of hydrogen-bond acceptors (Lipinski definition) is 4. The van der Waals surface area contributed by atoms with Gasteiger partial charge in [-0.1, -0.05) is 36.4 Å². The van der Waals surface area contributed by atoms with Crippen LogP contribution in [0.2, 0.25) is 0 Å². The monoisotopic (exact) mass is 295 g/mol. The first kappa shape index (κ1) is 14.1. The molecule has 0 radical (unpaired) electrons. The maximum absolute atomic E-state index is 12.3. The van der Waals surface area contributed by atoms with Crippen molar-refractivity contribution in [2.24, 2.45) is 4.99 Å². The lowest BCUT2D eigenvalue weighted by atomic mass is 9.80. The Morgan fingerprint density at radius 2 is 1.73 bits per heavy atom. The number of nitrogens with one attached hydrogen (secondary N) is 1. The van der Waals surface area contributed by atoms with E-state index in [1.54, 1.807) is 6.07 Å². The summed E-state index contributed by atoms with van der Waals surface area (Å²) in [4.78, 5) is 18.5. The molecule has 2 aromatic rings. The van der Waals surface area contributed by atoms with Crippen molar-refractivity contribution in [3.05, 3.63) is 59.7 Å². The van der Waals surface area contributed by atoms with Gasteiger partial charge in [-0.05, 0) is 12.1 Å². The second-order valence-electron chi connectivity index (χ2n) is 5.38. The summed E-state index contributed by atoms with van der Waals surface area (Å²) in [5.41, 5.74) is 1.44. The molecule has 5 heteroatoms. The molecule has 1 unspecified atom stereocenters. The van der Waals surface area contributed by atoms with Crippen LogP contribution < -0.4 is 10.2 Å². The van der Waals surface area contributed by atoms with Crippen LogP contribution in [-0.2, 0) is 10.3 Å². The molecule has 112 valence electrons. The van der Waals surface area contributed by atoms with Gasteiger partial charge in [0, 0.05) is 36.6 Å². The third kappa shape index (κ3) is 1.94. The van der Waals surface area contributed by atoms with Crippen LogP contribution in [0.25, 0.3) is 0 Å². The molecule has 1 aliphatic heterocycles. The van der Waals surface area contributed by atoms with E-state index < -0.39 is 11.5 Å². The van der Waals surface area contributed by atoms with Gasteiger partial charge >= 0.3 is 5.97 Å². The molecular weight excluding hydrogens is 278 g/mol. The SMILES string of the molecule is CN(C)c1ccccc1C1(C(=O)O)N=CNc2ccccc21. The summed E-state index contributed by atoms with van der Waals surface area (Å²) in [6, 6.07) is 14.8. The molecule has 0 amide bonds. The number of rotatable bonds is 3. The van der Waals surface area contributed by atoms with Crippen molar-refractivity contribution in [2.75, 3.05) is 24.3 Å². The molecule has 1 heterocycles. The van der Waals surface area contributed by atoms with Gasteiger partial charge in [-0.3, -0.25) is 0 Å². The van der Waals surface area contributed by atoms with Gasteiger partial charge in [-0.2, -0.15) is 0 Å². The Labute approximate surface area is 128 Å². The van der Waals surface area contributed by atoms with Crippen LogP contribution in [0.4, 0.5) is 11.4 Å². The van der Waals surface area contributed by atoms with Crippen LogP contribution in [0.3, 0.4) is 0 Å². The Bertz CT molecular complexity index is 755. The number of para-hydroxylation sites is 2. The lowest BCUT2D eigenvalue weighted by molar-refractivity contribution is -0.141. The molecule has 0 bridgehead atoms. The standard InChI is InChI=1S/C17H17N3O2/c1-20(2)15-10-6-4-8-13(15)17(16(21)22)12-7-3-5-9-14(12)18-11-19-17/h3-11H,1-2H3,(H,18,19)(H,21,22). The number of carboxylic acid groups (broad SMARTS) is 1. The molecule has 0 saturated carbocycles. The highest BCUT2D eigenvalue weighted by Gasteiger charge is 2.46. The first-order valence-corrected chi connectivity index (χ1v) is 6.97. The van der Waals surface area contributed by atoms with Gasteiger partial charge in [0.15, 0.2) is 0 Å². The van der Waals surface area contributed by atoms with Gasteiger partial charge in [0.1, 0.15) is 0 Å². The average Bonchev–Trinajstić information content (AvgIpc) is 2.54. The predicted octanol–water partition coefficient (Wildman–Crippen LogP) is 2.53. The van der Waals surface area contributed by atoms with Gasteiger partial charge < -0.3 is 15.3 Å². The van der Waals surface area contributed by atoms with Gasteiger partial charge in [-0.15, -0.1) is 0 Å². The Morgan fingerprint density at radius 3 is 2.41 bits per heavy atom. The van der Waals surface area contributed by atoms with Crippen LogP contribution >= 0.6 is 0 Å². The summed E-state index contributed by atoms with van der Waals surface area (Å²) in [5.74, 6) is -0.994. The molecule has 0 spiro atoms. The summed E-state index contributed by atoms with van der Waals surface area (Å²) in [7, 11) is 3.79. The molecule has 2 N–H and O–H groups in total. The lowest BCUT2D eigenvalue weighted by Gasteiger charge is -2.33. The van der Waals surface area contributed by atoms with Crippen molar-refractivity contribution < 1.29 is 9.90 Å². The topological polar surface area (TPSA) is 64.9 Å². The van der Waals surface area contributed by atoms with Gasteiger partial charge in [0.25, 0.3) is 0 Å². The van der Waals surface area contributed by atoms with Crippen LogP contribution in [-0.4, -0.2) is 31.5 Å². The fourth-order valence-electron chi connectivity index (χ4n) is 2.86. The van der Waals surface area contributed by atoms with Crippen molar-refractivity contribution in [3.63, 3.8) is 0 Å². The van der Waals surface area contributed by atoms with Gasteiger partial charge in [0.05, 0.1) is 6.34 Å². The Balaban J connectivity index is 2.35. The number of aliphatic carboxylic acids is 1. The molecule has 2 aromatic carbocycles. The smallest absolute Gasteiger partial charge is 0.341 e. The quantitative estimate of drug-likeness (QED) is 0.913. The van der Waals surface area contributed by atoms with Gasteiger partial charge in [-0.25, -0.2) is 9.79 Å². The van der Waals surface area contributed by atoms with Crippen molar-refractivity contribution >= 4 is 23.7 Å². The summed E-state index contributed by atoms with van der Waals surface area (Å²) < 4.78 is 0. The fourth-order valence-corrected chi connectivity index (χ4v) is 2.86. The highest BCUT2D eigenvalue weighted by Crippen LogP contribution is 2.43. The van der Waals surface area contributed by atoms with Crippen LogP contribution in [0.5, 0.6) is 0 Å². The highest BCUT2D eigenvalue weighted by atomic mass is 16.4. The zero-order valence-corrected chi connectivity index (χ0v) is 12.4. The highest BCUT2D eigenvalue weighted by molar-refractivity contribution is 5.96. The zero-order valence-electron chi connectivity index (χ0n) is 12.4. The van der Waals surface area contributed by atoms with Crippen molar-refractivity contribution in [1.82, 2.24) is 0 Å². The number of nitrogens with zero attached hydrogens (tertiary/aromatic N) is 2. The molecule has 0 saturated heterocycles. The van der Waals surface area contributed by atoms with E-state index in [2.05, 4.69) is 10.3 Å². The maximum atomic E-state index is 12.3. The number of anilines is 2. The third-order valence-corrected chi connectivity index (χ3v) is 3.88. The summed E-state index contributed by atoms with van der Waals surface area (Å²) in [6.45, 7) is 0. The number of fused-ring (bicyclic) bond motifs is 1. The predicted molar refractivity (Wildman–Crippen MR) is 87.7 cm³/mol. The third-order valence-electron chi connectivity index (χ3n) is 3.88. The molecule has 0 fully saturated rings. The maximum Gasteiger partial charge on any atom is 0.341 e. The van der Waals surface area contributed by atoms with E-state index >= 15 is 0 Å². The Hall–Kier alpha value is -2.82. The van der Waals surface area contributed by atoms with E-state index in [-0.39, 0.29) is 0 Å². The van der Waals surface area contributed by atoms with E-state index in [0.29, 0.717) is 11.1 Å². The van der Waals surface area contributed by atoms with Gasteiger partial charge in [0.2, 0.25) is 5.54 Å². The lowest BCUT2D eigenvalue weighted by Crippen LogP contribution is -2.39. The van der Waals surface area contributed by atoms with E-state index in [9.17, 15) is 9.90 Å². The minimum absolute atomic E-state index is 0.638. The van der Waals surface area contributed by atoms with Crippen molar-refractivity contribution in [1.29, 1.82) is 0 Å². The van der Waals surface area contributed by atoms with E-state index in [0.717, 1.165) is 11.4 Å². The fraction of sp³-hybridized carbons (Fsp3) is 0.176. The molecule has 1 aliphatic rings. The van der Waals surface area contributed by atoms with Crippen molar-refractivity contribution in [2.45, 2.75) is 5.54 Å². The summed E-state index contributed by atoms with van der Waals surface area (Å²) in [6.07, 6.45) is 1.46. The van der Waals surface area contributed by atoms with Crippen LogP contribution in [0, 0.1) is 0 Å². The average molecular weight is 295 g/mol. The Kier molecular flexibility index (Phi) is 3.33. The van der Waals surface area contributed by atoms with Crippen LogP contribution in [0.1, 0.15) is 11.1 Å². The van der Waals surface area contributed by atoms with E-state index in [4.69, 9.17) is 0 Å². The second kappa shape index (κ2) is 5.18. The minimum Gasteiger partial charge on any atom is -0.479 e. The van der Waals surface area contributed by atoms with Crippen molar-refractivity contribution in [3.8, 4) is 0 Å². The molecule has 1 atom stereocenters. The number of benzene rings is 2. The number of carbonyl (C=O) groups is 1. The molecule has 0 aliphatic carbocycles. The largest absolute Gasteiger partial charge is 0.479 e. The molecule has 3 rings (SSSR count). The van der Waals surface area contributed by atoms with E-state index in [1.807, 2.05) is 61.5 Å². The number of carboxylic acids is 1. The van der Waals surface area contributed by atoms with E-state index in [1.165, 1.54) is 6.34 Å². The summed E-state index contributed by atoms with van der Waals surface area (Å²) in [5, 5.41) is 13.1. The molecule has 5 nitrogen and oxygen atoms in total. The summed E-state index contributed by atoms with van der Waals surface area (Å²) >= 11 is 0. The Morgan fingerprint density at radius 1 is 1.09 bits per heavy atom. The molecule has 22 heavy (non-hydrogen) atoms. The number of aliphatic imine (C=N–C) groups is 1. The molecule has 0 aromatic heterocycles. The first-order valence-electron chi connectivity index (χ1n) is 6.97. The zero-order chi connectivity index (χ0) is 15.7. The van der Waals surface area contributed by atoms with Crippen LogP contribution in [0.15, 0.2) is 53.5 Å². The number of hydrogen-bond donors (Lipinski definition) is 2. The normalized spacial score (nSPS) is 19.2. The minimum atomic E-state index is -1.44. The second-order valence-corrected chi connectivity index (χ2v) is 5.38.